The van der Waals surface area contributed by atoms with Gasteiger partial charge < -0.3 is 15.7 Å². The van der Waals surface area contributed by atoms with Gasteiger partial charge in [0.05, 0.1) is 0 Å². The summed E-state index contributed by atoms with van der Waals surface area (Å²) in [5.41, 5.74) is 0. The fraction of sp³-hybridized carbons (Fsp3) is 0.800. The number of carboxylic acids is 1. The molecule has 86 valence electrons. The molecule has 0 aromatic carbocycles. The standard InChI is InChI=1S/C10H18N2O3/c13-9-5-4-8(11-6-7-12-9)2-1-3-10(14)15/h8,11H,1-7H2,(H,12,13)(H,14,15). The molecule has 1 amide bonds. The van der Waals surface area contributed by atoms with Gasteiger partial charge in [-0.05, 0) is 19.3 Å². The van der Waals surface area contributed by atoms with E-state index >= 15 is 0 Å². The summed E-state index contributed by atoms with van der Waals surface area (Å²) in [4.78, 5) is 21.5. The molecule has 15 heavy (non-hydrogen) atoms. The highest BCUT2D eigenvalue weighted by atomic mass is 16.4. The Morgan fingerprint density at radius 3 is 3.00 bits per heavy atom. The molecule has 0 aromatic rings. The number of carboxylic acid groups (broad SMARTS) is 1. The number of hydrogen-bond acceptors (Lipinski definition) is 3. The van der Waals surface area contributed by atoms with Crippen molar-refractivity contribution < 1.29 is 14.7 Å². The summed E-state index contributed by atoms with van der Waals surface area (Å²) in [6, 6.07) is 0.287. The average Bonchev–Trinajstić information content (AvgIpc) is 2.15. The van der Waals surface area contributed by atoms with Crippen LogP contribution in [0.4, 0.5) is 0 Å². The Labute approximate surface area is 89.2 Å². The zero-order valence-electron chi connectivity index (χ0n) is 8.79. The largest absolute Gasteiger partial charge is 0.481 e. The summed E-state index contributed by atoms with van der Waals surface area (Å²) in [5.74, 6) is -0.654. The molecule has 1 rings (SSSR count). The average molecular weight is 214 g/mol. The summed E-state index contributed by atoms with van der Waals surface area (Å²) >= 11 is 0. The second-order valence-corrected chi connectivity index (χ2v) is 3.83. The predicted octanol–water partition coefficient (Wildman–Crippen LogP) is 0.110. The Bertz CT molecular complexity index is 231. The molecule has 1 saturated heterocycles. The highest BCUT2D eigenvalue weighted by Gasteiger charge is 2.13. The van der Waals surface area contributed by atoms with Crippen molar-refractivity contribution in [3.63, 3.8) is 0 Å². The molecule has 0 aromatic heterocycles. The molecular weight excluding hydrogens is 196 g/mol. The van der Waals surface area contributed by atoms with Crippen LogP contribution in [0.1, 0.15) is 32.1 Å². The molecule has 1 aliphatic heterocycles. The lowest BCUT2D eigenvalue weighted by Crippen LogP contribution is -2.41. The molecule has 0 bridgehead atoms. The van der Waals surface area contributed by atoms with Gasteiger partial charge in [0.15, 0.2) is 0 Å². The summed E-state index contributed by atoms with van der Waals surface area (Å²) in [6.07, 6.45) is 3.05. The normalized spacial score (nSPS) is 22.7. The van der Waals surface area contributed by atoms with E-state index in [4.69, 9.17) is 5.11 Å². The Morgan fingerprint density at radius 1 is 1.47 bits per heavy atom. The molecule has 0 saturated carbocycles. The zero-order valence-corrected chi connectivity index (χ0v) is 8.79. The Balaban J connectivity index is 2.20. The molecule has 1 atom stereocenters. The summed E-state index contributed by atoms with van der Waals surface area (Å²) in [7, 11) is 0. The Kier molecular flexibility index (Phi) is 5.10. The van der Waals surface area contributed by atoms with Crippen LogP contribution in [0, 0.1) is 0 Å². The highest BCUT2D eigenvalue weighted by molar-refractivity contribution is 5.75. The van der Waals surface area contributed by atoms with Gasteiger partial charge in [-0.3, -0.25) is 9.59 Å². The van der Waals surface area contributed by atoms with E-state index in [1.165, 1.54) is 0 Å². The van der Waals surface area contributed by atoms with Gasteiger partial charge in [-0.2, -0.15) is 0 Å². The summed E-state index contributed by atoms with van der Waals surface area (Å²) < 4.78 is 0. The van der Waals surface area contributed by atoms with Crippen LogP contribution in [0.5, 0.6) is 0 Å². The van der Waals surface area contributed by atoms with Crippen molar-refractivity contribution in [2.24, 2.45) is 0 Å². The van der Waals surface area contributed by atoms with Crippen molar-refractivity contribution >= 4 is 11.9 Å². The van der Waals surface area contributed by atoms with Crippen molar-refractivity contribution in [3.05, 3.63) is 0 Å². The lowest BCUT2D eigenvalue weighted by molar-refractivity contribution is -0.137. The number of amides is 1. The van der Waals surface area contributed by atoms with Gasteiger partial charge in [-0.15, -0.1) is 0 Å². The van der Waals surface area contributed by atoms with Crippen LogP contribution in [-0.4, -0.2) is 36.1 Å². The number of aliphatic carboxylic acids is 1. The fourth-order valence-electron chi connectivity index (χ4n) is 1.72. The molecule has 1 heterocycles. The monoisotopic (exact) mass is 214 g/mol. The minimum Gasteiger partial charge on any atom is -0.481 e. The van der Waals surface area contributed by atoms with Gasteiger partial charge in [0, 0.05) is 32.0 Å². The van der Waals surface area contributed by atoms with Crippen molar-refractivity contribution in [1.29, 1.82) is 0 Å². The van der Waals surface area contributed by atoms with Gasteiger partial charge >= 0.3 is 5.97 Å². The maximum Gasteiger partial charge on any atom is 0.303 e. The quantitative estimate of drug-likeness (QED) is 0.620. The lowest BCUT2D eigenvalue weighted by Gasteiger charge is -2.21. The minimum atomic E-state index is -0.751. The van der Waals surface area contributed by atoms with E-state index in [1.54, 1.807) is 0 Å². The topological polar surface area (TPSA) is 78.4 Å². The van der Waals surface area contributed by atoms with E-state index < -0.39 is 5.97 Å². The third kappa shape index (κ3) is 5.37. The number of rotatable bonds is 4. The first-order valence-electron chi connectivity index (χ1n) is 5.40. The number of carbonyl (C=O) groups excluding carboxylic acids is 1. The van der Waals surface area contributed by atoms with Gasteiger partial charge in [0.2, 0.25) is 5.91 Å². The maximum absolute atomic E-state index is 11.1. The van der Waals surface area contributed by atoms with Crippen LogP contribution < -0.4 is 10.6 Å². The number of carbonyl (C=O) groups is 2. The van der Waals surface area contributed by atoms with Gasteiger partial charge in [0.25, 0.3) is 0 Å². The van der Waals surface area contributed by atoms with Crippen LogP contribution in [0.2, 0.25) is 0 Å². The van der Waals surface area contributed by atoms with E-state index in [9.17, 15) is 9.59 Å². The van der Waals surface area contributed by atoms with E-state index in [-0.39, 0.29) is 18.4 Å². The maximum atomic E-state index is 11.1. The molecule has 5 nitrogen and oxygen atoms in total. The molecular formula is C10H18N2O3. The molecule has 5 heteroatoms. The molecule has 1 fully saturated rings. The van der Waals surface area contributed by atoms with E-state index in [0.717, 1.165) is 19.4 Å². The Hall–Kier alpha value is -1.10. The van der Waals surface area contributed by atoms with Crippen LogP contribution in [-0.2, 0) is 9.59 Å². The molecule has 0 radical (unpaired) electrons. The second kappa shape index (κ2) is 6.40. The SMILES string of the molecule is O=C(O)CCCC1CCC(=O)NCCN1. The lowest BCUT2D eigenvalue weighted by atomic mass is 10.0. The first-order chi connectivity index (χ1) is 7.18. The highest BCUT2D eigenvalue weighted by Crippen LogP contribution is 2.08. The molecule has 0 spiro atoms. The first-order valence-corrected chi connectivity index (χ1v) is 5.40. The minimum absolute atomic E-state index is 0.0970. The van der Waals surface area contributed by atoms with Crippen molar-refractivity contribution in [2.45, 2.75) is 38.1 Å². The van der Waals surface area contributed by atoms with Crippen LogP contribution in [0.3, 0.4) is 0 Å². The summed E-state index contributed by atoms with van der Waals surface area (Å²) in [6.45, 7) is 1.43. The second-order valence-electron chi connectivity index (χ2n) is 3.83. The van der Waals surface area contributed by atoms with E-state index in [0.29, 0.717) is 19.4 Å². The molecule has 1 unspecified atom stereocenters. The first kappa shape index (κ1) is 12.0. The Morgan fingerprint density at radius 2 is 2.27 bits per heavy atom. The fourth-order valence-corrected chi connectivity index (χ4v) is 1.72. The van der Waals surface area contributed by atoms with Gasteiger partial charge in [0.1, 0.15) is 0 Å². The van der Waals surface area contributed by atoms with Crippen LogP contribution in [0.15, 0.2) is 0 Å². The number of nitrogens with one attached hydrogen (secondary N) is 2. The molecule has 1 aliphatic rings. The van der Waals surface area contributed by atoms with Crippen molar-refractivity contribution in [3.8, 4) is 0 Å². The molecule has 0 aliphatic carbocycles. The molecule has 3 N–H and O–H groups in total. The van der Waals surface area contributed by atoms with Crippen LogP contribution >= 0.6 is 0 Å². The van der Waals surface area contributed by atoms with Crippen LogP contribution in [0.25, 0.3) is 0 Å². The zero-order chi connectivity index (χ0) is 11.1. The van der Waals surface area contributed by atoms with E-state index in [2.05, 4.69) is 10.6 Å². The number of hydrogen-bond donors (Lipinski definition) is 3. The summed E-state index contributed by atoms with van der Waals surface area (Å²) in [5, 5.41) is 14.6. The van der Waals surface area contributed by atoms with E-state index in [1.807, 2.05) is 0 Å². The van der Waals surface area contributed by atoms with Gasteiger partial charge in [-0.1, -0.05) is 0 Å². The smallest absolute Gasteiger partial charge is 0.303 e. The van der Waals surface area contributed by atoms with Crippen molar-refractivity contribution in [1.82, 2.24) is 10.6 Å². The van der Waals surface area contributed by atoms with Crippen molar-refractivity contribution in [2.75, 3.05) is 13.1 Å². The third-order valence-corrected chi connectivity index (χ3v) is 2.54. The predicted molar refractivity (Wildman–Crippen MR) is 55.5 cm³/mol. The third-order valence-electron chi connectivity index (χ3n) is 2.54. The van der Waals surface area contributed by atoms with Gasteiger partial charge in [-0.25, -0.2) is 0 Å².